The number of likely N-dealkylation sites (tertiary alicyclic amines) is 1. The molecule has 2 N–H and O–H groups in total. The van der Waals surface area contributed by atoms with E-state index in [0.29, 0.717) is 6.42 Å². The minimum absolute atomic E-state index is 0.203. The van der Waals surface area contributed by atoms with E-state index < -0.39 is 6.10 Å². The Bertz CT molecular complexity index is 695. The average Bonchev–Trinajstić information content (AvgIpc) is 2.80. The van der Waals surface area contributed by atoms with Crippen molar-refractivity contribution in [3.63, 3.8) is 0 Å². The quantitative estimate of drug-likeness (QED) is 0.868. The summed E-state index contributed by atoms with van der Waals surface area (Å²) in [7, 11) is 1.89. The van der Waals surface area contributed by atoms with Gasteiger partial charge in [-0.25, -0.2) is 4.98 Å². The first-order chi connectivity index (χ1) is 12.2. The van der Waals surface area contributed by atoms with E-state index in [9.17, 15) is 5.11 Å². The smallest absolute Gasteiger partial charge is 0.141 e. The number of pyridine rings is 2. The normalized spacial score (nSPS) is 21.6. The third-order valence-electron chi connectivity index (χ3n) is 4.66. The van der Waals surface area contributed by atoms with Crippen molar-refractivity contribution in [2.75, 3.05) is 25.5 Å². The van der Waals surface area contributed by atoms with Crippen molar-refractivity contribution in [2.24, 2.45) is 0 Å². The highest BCUT2D eigenvalue weighted by Crippen LogP contribution is 2.23. The summed E-state index contributed by atoms with van der Waals surface area (Å²) in [6, 6.07) is 7.82. The lowest BCUT2D eigenvalue weighted by molar-refractivity contribution is 0.0343. The Labute approximate surface area is 148 Å². The fraction of sp³-hybridized carbons (Fsp3) is 0.474. The Balaban J connectivity index is 1.63. The Morgan fingerprint density at radius 2 is 1.96 bits per heavy atom. The first-order valence-electron chi connectivity index (χ1n) is 8.77. The molecular weight excluding hydrogens is 316 g/mol. The molecule has 0 saturated carbocycles. The van der Waals surface area contributed by atoms with Crippen LogP contribution in [0.4, 0.5) is 5.82 Å². The van der Waals surface area contributed by atoms with Crippen LogP contribution in [0.2, 0.25) is 0 Å². The van der Waals surface area contributed by atoms with Gasteiger partial charge < -0.3 is 15.2 Å². The molecule has 1 saturated heterocycles. The monoisotopic (exact) mass is 342 g/mol. The fourth-order valence-electron chi connectivity index (χ4n) is 3.20. The first kappa shape index (κ1) is 17.6. The lowest BCUT2D eigenvalue weighted by atomic mass is 10.1. The topological polar surface area (TPSA) is 70.5 Å². The highest BCUT2D eigenvalue weighted by atomic mass is 16.5. The van der Waals surface area contributed by atoms with E-state index in [1.165, 1.54) is 5.56 Å². The van der Waals surface area contributed by atoms with Crippen LogP contribution in [-0.2, 0) is 6.54 Å². The molecule has 25 heavy (non-hydrogen) atoms. The van der Waals surface area contributed by atoms with E-state index in [2.05, 4.69) is 26.3 Å². The van der Waals surface area contributed by atoms with E-state index >= 15 is 0 Å². The van der Waals surface area contributed by atoms with Crippen molar-refractivity contribution in [1.29, 1.82) is 0 Å². The molecule has 6 nitrogen and oxygen atoms in total. The molecule has 2 atom stereocenters. The summed E-state index contributed by atoms with van der Waals surface area (Å²) in [6.45, 7) is 4.45. The van der Waals surface area contributed by atoms with Gasteiger partial charge in [-0.15, -0.1) is 0 Å². The van der Waals surface area contributed by atoms with Crippen molar-refractivity contribution in [2.45, 2.75) is 38.5 Å². The molecule has 134 valence electrons. The van der Waals surface area contributed by atoms with Crippen LogP contribution in [0.5, 0.6) is 5.75 Å². The van der Waals surface area contributed by atoms with E-state index in [0.717, 1.165) is 43.3 Å². The molecule has 2 aromatic rings. The number of hydrogen-bond donors (Lipinski definition) is 2. The Hall–Kier alpha value is -2.18. The molecule has 3 rings (SSSR count). The highest BCUT2D eigenvalue weighted by Gasteiger charge is 2.27. The van der Waals surface area contributed by atoms with Gasteiger partial charge in [0, 0.05) is 44.6 Å². The molecule has 1 fully saturated rings. The maximum atomic E-state index is 10.5. The number of nitrogens with one attached hydrogen (secondary N) is 1. The number of aliphatic hydroxyl groups is 1. The largest absolute Gasteiger partial charge is 0.486 e. The summed E-state index contributed by atoms with van der Waals surface area (Å²) in [5, 5.41) is 13.6. The van der Waals surface area contributed by atoms with Gasteiger partial charge in [-0.2, -0.15) is 0 Å². The van der Waals surface area contributed by atoms with Gasteiger partial charge in [0.2, 0.25) is 0 Å². The number of nitrogens with zero attached hydrogens (tertiary/aromatic N) is 3. The molecule has 0 bridgehead atoms. The lowest BCUT2D eigenvalue weighted by Crippen LogP contribution is -2.31. The molecule has 3 heterocycles. The summed E-state index contributed by atoms with van der Waals surface area (Å²) in [5.74, 6) is 1.66. The predicted molar refractivity (Wildman–Crippen MR) is 97.7 cm³/mol. The Morgan fingerprint density at radius 3 is 2.76 bits per heavy atom. The molecule has 0 aromatic carbocycles. The van der Waals surface area contributed by atoms with Crippen LogP contribution in [0, 0.1) is 6.92 Å². The zero-order valence-corrected chi connectivity index (χ0v) is 14.9. The standard InChI is InChI=1S/C19H26N4O2/c1-14-17(6-4-9-21-14)25-18-8-12-23(11-7-16(18)24)13-15-5-3-10-22-19(15)20-2/h3-6,9-10,16,18,24H,7-8,11-13H2,1-2H3,(H,20,22)/t16-,18-/m0/s1. The molecule has 6 heteroatoms. The summed E-state index contributed by atoms with van der Waals surface area (Å²) in [4.78, 5) is 11.0. The SMILES string of the molecule is CNc1ncccc1CN1CC[C@H](Oc2cccnc2C)[C@@H](O)CC1. The van der Waals surface area contributed by atoms with Crippen molar-refractivity contribution < 1.29 is 9.84 Å². The van der Waals surface area contributed by atoms with E-state index in [1.807, 2.05) is 32.2 Å². The fourth-order valence-corrected chi connectivity index (χ4v) is 3.20. The van der Waals surface area contributed by atoms with Crippen molar-refractivity contribution >= 4 is 5.82 Å². The third kappa shape index (κ3) is 4.46. The van der Waals surface area contributed by atoms with Crippen LogP contribution in [0.1, 0.15) is 24.1 Å². The highest BCUT2D eigenvalue weighted by molar-refractivity contribution is 5.42. The molecular formula is C19H26N4O2. The lowest BCUT2D eigenvalue weighted by Gasteiger charge is -2.22. The van der Waals surface area contributed by atoms with Crippen LogP contribution in [0.25, 0.3) is 0 Å². The zero-order valence-electron chi connectivity index (χ0n) is 14.9. The van der Waals surface area contributed by atoms with Crippen molar-refractivity contribution in [1.82, 2.24) is 14.9 Å². The van der Waals surface area contributed by atoms with Gasteiger partial charge in [0.1, 0.15) is 17.7 Å². The van der Waals surface area contributed by atoms with Gasteiger partial charge in [-0.3, -0.25) is 9.88 Å². The molecule has 0 amide bonds. The van der Waals surface area contributed by atoms with Crippen LogP contribution in [0.15, 0.2) is 36.7 Å². The number of ether oxygens (including phenoxy) is 1. The van der Waals surface area contributed by atoms with Gasteiger partial charge >= 0.3 is 0 Å². The van der Waals surface area contributed by atoms with Crippen LogP contribution < -0.4 is 10.1 Å². The minimum atomic E-state index is -0.470. The Morgan fingerprint density at radius 1 is 1.20 bits per heavy atom. The zero-order chi connectivity index (χ0) is 17.6. The van der Waals surface area contributed by atoms with Gasteiger partial charge in [0.05, 0.1) is 11.8 Å². The van der Waals surface area contributed by atoms with Crippen LogP contribution in [0.3, 0.4) is 0 Å². The second kappa shape index (κ2) is 8.27. The third-order valence-corrected chi connectivity index (χ3v) is 4.66. The molecule has 0 unspecified atom stereocenters. The van der Waals surface area contributed by atoms with Gasteiger partial charge in [0.15, 0.2) is 0 Å². The number of anilines is 1. The van der Waals surface area contributed by atoms with Crippen molar-refractivity contribution in [3.8, 4) is 5.75 Å². The predicted octanol–water partition coefficient (Wildman–Crippen LogP) is 2.23. The molecule has 2 aromatic heterocycles. The van der Waals surface area contributed by atoms with Gasteiger partial charge in [0.25, 0.3) is 0 Å². The number of aryl methyl sites for hydroxylation is 1. The van der Waals surface area contributed by atoms with E-state index in [1.54, 1.807) is 12.4 Å². The maximum Gasteiger partial charge on any atom is 0.141 e. The van der Waals surface area contributed by atoms with E-state index in [-0.39, 0.29) is 6.10 Å². The molecule has 1 aliphatic rings. The Kier molecular flexibility index (Phi) is 5.83. The number of aliphatic hydroxyl groups excluding tert-OH is 1. The summed E-state index contributed by atoms with van der Waals surface area (Å²) >= 11 is 0. The molecule has 0 radical (unpaired) electrons. The van der Waals surface area contributed by atoms with Crippen LogP contribution >= 0.6 is 0 Å². The molecule has 1 aliphatic heterocycles. The number of aromatic nitrogens is 2. The second-order valence-electron chi connectivity index (χ2n) is 6.43. The second-order valence-corrected chi connectivity index (χ2v) is 6.43. The van der Waals surface area contributed by atoms with E-state index in [4.69, 9.17) is 4.74 Å². The average molecular weight is 342 g/mol. The maximum absolute atomic E-state index is 10.5. The minimum Gasteiger partial charge on any atom is -0.486 e. The number of rotatable bonds is 5. The molecule has 0 aliphatic carbocycles. The first-order valence-corrected chi connectivity index (χ1v) is 8.77. The molecule has 0 spiro atoms. The summed E-state index contributed by atoms with van der Waals surface area (Å²) in [6.07, 6.45) is 4.35. The summed E-state index contributed by atoms with van der Waals surface area (Å²) in [5.41, 5.74) is 2.02. The van der Waals surface area contributed by atoms with Crippen LogP contribution in [-0.4, -0.2) is 52.3 Å². The number of hydrogen-bond acceptors (Lipinski definition) is 6. The van der Waals surface area contributed by atoms with Gasteiger partial charge in [-0.05, 0) is 38.0 Å². The summed E-state index contributed by atoms with van der Waals surface area (Å²) < 4.78 is 6.06. The van der Waals surface area contributed by atoms with Gasteiger partial charge in [-0.1, -0.05) is 6.07 Å². The van der Waals surface area contributed by atoms with Crippen molar-refractivity contribution in [3.05, 3.63) is 47.9 Å².